The summed E-state index contributed by atoms with van der Waals surface area (Å²) in [5.41, 5.74) is 0.990. The standard InChI is InChI=1S/C13H19NO3/c1-8-12(15)13(16)11(14(8)2)9-4-6-10(17-3)7-5-9/h4-8,11-13,15-16H,1-3H3/t8-,11+,12-,13-/m1/s1. The number of nitrogens with zero attached hydrogens (tertiary/aromatic N) is 1. The molecule has 2 N–H and O–H groups in total. The molecular formula is C13H19NO3. The first-order valence-corrected chi connectivity index (χ1v) is 5.78. The molecule has 94 valence electrons. The normalized spacial score (nSPS) is 33.9. The average molecular weight is 237 g/mol. The molecule has 1 aromatic carbocycles. The molecule has 1 aliphatic rings. The zero-order valence-corrected chi connectivity index (χ0v) is 10.4. The van der Waals surface area contributed by atoms with Crippen LogP contribution in [-0.2, 0) is 0 Å². The van der Waals surface area contributed by atoms with Gasteiger partial charge in [0.1, 0.15) is 11.9 Å². The van der Waals surface area contributed by atoms with Crippen molar-refractivity contribution in [2.45, 2.75) is 31.2 Å². The molecule has 0 saturated carbocycles. The van der Waals surface area contributed by atoms with Crippen molar-refractivity contribution in [1.82, 2.24) is 4.90 Å². The van der Waals surface area contributed by atoms with Crippen molar-refractivity contribution in [3.63, 3.8) is 0 Å². The molecule has 4 heteroatoms. The molecule has 1 fully saturated rings. The minimum absolute atomic E-state index is 0.0444. The number of likely N-dealkylation sites (tertiary alicyclic amines) is 1. The van der Waals surface area contributed by atoms with E-state index in [0.29, 0.717) is 0 Å². The second kappa shape index (κ2) is 4.64. The molecule has 0 radical (unpaired) electrons. The first-order valence-electron chi connectivity index (χ1n) is 5.78. The Morgan fingerprint density at radius 3 is 2.12 bits per heavy atom. The molecule has 0 spiro atoms. The highest BCUT2D eigenvalue weighted by Gasteiger charge is 2.43. The molecule has 17 heavy (non-hydrogen) atoms. The van der Waals surface area contributed by atoms with E-state index in [1.165, 1.54) is 0 Å². The molecule has 0 aliphatic carbocycles. The number of hydrogen-bond acceptors (Lipinski definition) is 4. The van der Waals surface area contributed by atoms with Crippen LogP contribution in [0.4, 0.5) is 0 Å². The van der Waals surface area contributed by atoms with E-state index in [1.807, 2.05) is 43.1 Å². The Labute approximate surface area is 101 Å². The van der Waals surface area contributed by atoms with E-state index < -0.39 is 12.2 Å². The first kappa shape index (κ1) is 12.4. The van der Waals surface area contributed by atoms with Crippen LogP contribution in [-0.4, -0.2) is 47.5 Å². The molecule has 0 aromatic heterocycles. The van der Waals surface area contributed by atoms with Crippen molar-refractivity contribution in [3.8, 4) is 5.75 Å². The molecule has 1 aliphatic heterocycles. The number of aliphatic hydroxyl groups is 2. The maximum Gasteiger partial charge on any atom is 0.118 e. The lowest BCUT2D eigenvalue weighted by Gasteiger charge is -2.24. The van der Waals surface area contributed by atoms with Crippen LogP contribution in [0.3, 0.4) is 0 Å². The Morgan fingerprint density at radius 2 is 1.71 bits per heavy atom. The fourth-order valence-electron chi connectivity index (χ4n) is 2.44. The SMILES string of the molecule is COc1ccc([C@H]2[C@@H](O)[C@H](O)[C@@H](C)N2C)cc1. The quantitative estimate of drug-likeness (QED) is 0.798. The van der Waals surface area contributed by atoms with Crippen molar-refractivity contribution in [3.05, 3.63) is 29.8 Å². The summed E-state index contributed by atoms with van der Waals surface area (Å²) in [7, 11) is 3.54. The second-order valence-corrected chi connectivity index (χ2v) is 4.61. The number of ether oxygens (including phenoxy) is 1. The lowest BCUT2D eigenvalue weighted by atomic mass is 10.0. The van der Waals surface area contributed by atoms with E-state index in [2.05, 4.69) is 0 Å². The summed E-state index contributed by atoms with van der Waals surface area (Å²) in [5, 5.41) is 19.9. The summed E-state index contributed by atoms with van der Waals surface area (Å²) in [5.74, 6) is 0.789. The van der Waals surface area contributed by atoms with Crippen molar-refractivity contribution in [2.75, 3.05) is 14.2 Å². The van der Waals surface area contributed by atoms with Crippen molar-refractivity contribution < 1.29 is 14.9 Å². The number of hydrogen-bond donors (Lipinski definition) is 2. The van der Waals surface area contributed by atoms with Gasteiger partial charge in [0.2, 0.25) is 0 Å². The fourth-order valence-corrected chi connectivity index (χ4v) is 2.44. The van der Waals surface area contributed by atoms with Gasteiger partial charge in [0.25, 0.3) is 0 Å². The third-order valence-corrected chi connectivity index (χ3v) is 3.71. The number of methoxy groups -OCH3 is 1. The predicted octanol–water partition coefficient (Wildman–Crippen LogP) is 0.792. The molecule has 0 unspecified atom stereocenters. The molecule has 1 heterocycles. The maximum atomic E-state index is 10.1. The molecule has 1 aromatic rings. The van der Waals surface area contributed by atoms with E-state index in [0.717, 1.165) is 11.3 Å². The van der Waals surface area contributed by atoms with E-state index in [1.54, 1.807) is 7.11 Å². The lowest BCUT2D eigenvalue weighted by molar-refractivity contribution is 0.0300. The Kier molecular flexibility index (Phi) is 3.38. The predicted molar refractivity (Wildman–Crippen MR) is 65.0 cm³/mol. The Hall–Kier alpha value is -1.10. The van der Waals surface area contributed by atoms with Crippen LogP contribution in [0.1, 0.15) is 18.5 Å². The summed E-state index contributed by atoms with van der Waals surface area (Å²) < 4.78 is 5.10. The van der Waals surface area contributed by atoms with Gasteiger partial charge in [-0.2, -0.15) is 0 Å². The monoisotopic (exact) mass is 237 g/mol. The summed E-state index contributed by atoms with van der Waals surface area (Å²) in [6.45, 7) is 1.91. The largest absolute Gasteiger partial charge is 0.497 e. The molecule has 0 bridgehead atoms. The van der Waals surface area contributed by atoms with Gasteiger partial charge in [-0.05, 0) is 31.7 Å². The average Bonchev–Trinajstić information content (AvgIpc) is 2.54. The van der Waals surface area contributed by atoms with Crippen LogP contribution in [0.15, 0.2) is 24.3 Å². The topological polar surface area (TPSA) is 52.9 Å². The number of benzene rings is 1. The molecule has 1 saturated heterocycles. The minimum atomic E-state index is -0.747. The first-order chi connectivity index (χ1) is 8.06. The second-order valence-electron chi connectivity index (χ2n) is 4.61. The van der Waals surface area contributed by atoms with E-state index >= 15 is 0 Å². The third-order valence-electron chi connectivity index (χ3n) is 3.71. The zero-order chi connectivity index (χ0) is 12.6. The van der Waals surface area contributed by atoms with Crippen molar-refractivity contribution in [2.24, 2.45) is 0 Å². The Bertz CT molecular complexity index is 365. The van der Waals surface area contributed by atoms with Crippen molar-refractivity contribution in [1.29, 1.82) is 0 Å². The van der Waals surface area contributed by atoms with Gasteiger partial charge >= 0.3 is 0 Å². The van der Waals surface area contributed by atoms with Crippen LogP contribution in [0.5, 0.6) is 5.75 Å². The fraction of sp³-hybridized carbons (Fsp3) is 0.538. The maximum absolute atomic E-state index is 10.1. The van der Waals surface area contributed by atoms with Crippen LogP contribution >= 0.6 is 0 Å². The van der Waals surface area contributed by atoms with Crippen LogP contribution in [0.25, 0.3) is 0 Å². The minimum Gasteiger partial charge on any atom is -0.497 e. The van der Waals surface area contributed by atoms with Gasteiger partial charge in [0.15, 0.2) is 0 Å². The number of likely N-dealkylation sites (N-methyl/N-ethyl adjacent to an activating group) is 1. The molecule has 0 amide bonds. The summed E-state index contributed by atoms with van der Waals surface area (Å²) in [6.07, 6.45) is -1.45. The van der Waals surface area contributed by atoms with Gasteiger partial charge in [0.05, 0.1) is 19.3 Å². The van der Waals surface area contributed by atoms with Gasteiger partial charge in [-0.1, -0.05) is 12.1 Å². The molecular weight excluding hydrogens is 218 g/mol. The van der Waals surface area contributed by atoms with Gasteiger partial charge in [-0.3, -0.25) is 4.90 Å². The molecule has 4 atom stereocenters. The zero-order valence-electron chi connectivity index (χ0n) is 10.4. The van der Waals surface area contributed by atoms with Crippen LogP contribution in [0, 0.1) is 0 Å². The highest BCUT2D eigenvalue weighted by atomic mass is 16.5. The van der Waals surface area contributed by atoms with Crippen LogP contribution in [0.2, 0.25) is 0 Å². The highest BCUT2D eigenvalue weighted by Crippen LogP contribution is 2.35. The van der Waals surface area contributed by atoms with Gasteiger partial charge in [0, 0.05) is 6.04 Å². The third kappa shape index (κ3) is 2.04. The number of rotatable bonds is 2. The highest BCUT2D eigenvalue weighted by molar-refractivity contribution is 5.31. The smallest absolute Gasteiger partial charge is 0.118 e. The van der Waals surface area contributed by atoms with Gasteiger partial charge < -0.3 is 14.9 Å². The lowest BCUT2D eigenvalue weighted by Crippen LogP contribution is -2.30. The van der Waals surface area contributed by atoms with Crippen molar-refractivity contribution >= 4 is 0 Å². The van der Waals surface area contributed by atoms with Gasteiger partial charge in [-0.25, -0.2) is 0 Å². The molecule has 4 nitrogen and oxygen atoms in total. The van der Waals surface area contributed by atoms with E-state index in [4.69, 9.17) is 4.74 Å². The Morgan fingerprint density at radius 1 is 1.12 bits per heavy atom. The Balaban J connectivity index is 2.26. The number of aliphatic hydroxyl groups excluding tert-OH is 2. The summed E-state index contributed by atoms with van der Waals surface area (Å²) in [4.78, 5) is 2.00. The summed E-state index contributed by atoms with van der Waals surface area (Å²) >= 11 is 0. The van der Waals surface area contributed by atoms with Crippen LogP contribution < -0.4 is 4.74 Å². The van der Waals surface area contributed by atoms with E-state index in [-0.39, 0.29) is 12.1 Å². The van der Waals surface area contributed by atoms with Gasteiger partial charge in [-0.15, -0.1) is 0 Å². The van der Waals surface area contributed by atoms with E-state index in [9.17, 15) is 10.2 Å². The molecule has 2 rings (SSSR count). The summed E-state index contributed by atoms with van der Waals surface area (Å²) in [6, 6.07) is 7.38.